The molecule has 4 rings (SSSR count). The van der Waals surface area contributed by atoms with Crippen molar-refractivity contribution >= 4 is 0 Å². The molecule has 0 spiro atoms. The van der Waals surface area contributed by atoms with Gasteiger partial charge in [0.2, 0.25) is 0 Å². The van der Waals surface area contributed by atoms with Crippen LogP contribution >= 0.6 is 0 Å². The summed E-state index contributed by atoms with van der Waals surface area (Å²) in [4.78, 5) is 0. The SMILES string of the molecule is CC1CCC(CCc2ccc(-c3ccc(C4CCC(C)CC4)cc3)cc2)CC1.[HH].[HH]. The molecule has 0 unspecified atom stereocenters. The van der Waals surface area contributed by atoms with Crippen LogP contribution in [0.3, 0.4) is 0 Å². The second-order valence-corrected chi connectivity index (χ2v) is 9.94. The van der Waals surface area contributed by atoms with Crippen LogP contribution in [0.5, 0.6) is 0 Å². The predicted molar refractivity (Wildman–Crippen MR) is 126 cm³/mol. The van der Waals surface area contributed by atoms with Crippen molar-refractivity contribution in [2.24, 2.45) is 17.8 Å². The zero-order valence-corrected chi connectivity index (χ0v) is 18.0. The lowest BCUT2D eigenvalue weighted by atomic mass is 9.79. The Kier molecular flexibility index (Phi) is 6.55. The summed E-state index contributed by atoms with van der Waals surface area (Å²) in [6.45, 7) is 4.82. The molecular weight excluding hydrogens is 336 g/mol. The first-order chi connectivity index (χ1) is 13.7. The van der Waals surface area contributed by atoms with Crippen LogP contribution in [0.15, 0.2) is 48.5 Å². The van der Waals surface area contributed by atoms with E-state index in [1.54, 1.807) is 5.56 Å². The molecule has 2 aromatic carbocycles. The highest BCUT2D eigenvalue weighted by atomic mass is 14.2. The number of rotatable bonds is 5. The maximum atomic E-state index is 2.41. The van der Waals surface area contributed by atoms with Crippen molar-refractivity contribution in [3.8, 4) is 11.1 Å². The summed E-state index contributed by atoms with van der Waals surface area (Å²) >= 11 is 0. The van der Waals surface area contributed by atoms with E-state index in [-0.39, 0.29) is 2.85 Å². The van der Waals surface area contributed by atoms with E-state index in [4.69, 9.17) is 0 Å². The van der Waals surface area contributed by atoms with Gasteiger partial charge < -0.3 is 0 Å². The van der Waals surface area contributed by atoms with Crippen molar-refractivity contribution in [2.45, 2.75) is 84.0 Å². The van der Waals surface area contributed by atoms with Crippen LogP contribution in [0.25, 0.3) is 11.1 Å². The molecule has 0 heteroatoms. The highest BCUT2D eigenvalue weighted by Gasteiger charge is 2.20. The minimum atomic E-state index is 0. The van der Waals surface area contributed by atoms with E-state index in [0.717, 1.165) is 23.7 Å². The van der Waals surface area contributed by atoms with Crippen molar-refractivity contribution in [1.82, 2.24) is 0 Å². The van der Waals surface area contributed by atoms with Gasteiger partial charge in [0.05, 0.1) is 0 Å². The Bertz CT molecular complexity index is 718. The maximum Gasteiger partial charge on any atom is 0 e. The van der Waals surface area contributed by atoms with E-state index in [1.807, 2.05) is 0 Å². The fourth-order valence-corrected chi connectivity index (χ4v) is 5.39. The van der Waals surface area contributed by atoms with Gasteiger partial charge in [0.1, 0.15) is 0 Å². The smallest absolute Gasteiger partial charge is 0 e. The Morgan fingerprint density at radius 1 is 0.643 bits per heavy atom. The third kappa shape index (κ3) is 5.07. The largest absolute Gasteiger partial charge is 0.0625 e. The van der Waals surface area contributed by atoms with E-state index < -0.39 is 0 Å². The fraction of sp³-hybridized carbons (Fsp3) is 0.571. The number of benzene rings is 2. The third-order valence-corrected chi connectivity index (χ3v) is 7.66. The Hall–Kier alpha value is -1.56. The Morgan fingerprint density at radius 2 is 1.14 bits per heavy atom. The summed E-state index contributed by atoms with van der Waals surface area (Å²) in [7, 11) is 0. The van der Waals surface area contributed by atoms with E-state index in [2.05, 4.69) is 62.4 Å². The van der Waals surface area contributed by atoms with Gasteiger partial charge in [0, 0.05) is 2.85 Å². The monoisotopic (exact) mass is 378 g/mol. The van der Waals surface area contributed by atoms with Crippen LogP contribution in [0.1, 0.15) is 91.5 Å². The zero-order chi connectivity index (χ0) is 19.3. The van der Waals surface area contributed by atoms with Gasteiger partial charge in [-0.15, -0.1) is 0 Å². The molecule has 0 heterocycles. The molecule has 0 atom stereocenters. The van der Waals surface area contributed by atoms with Gasteiger partial charge in [-0.3, -0.25) is 0 Å². The van der Waals surface area contributed by atoms with E-state index in [1.165, 1.54) is 80.9 Å². The second kappa shape index (κ2) is 9.29. The van der Waals surface area contributed by atoms with Gasteiger partial charge in [0.15, 0.2) is 0 Å². The Balaban J connectivity index is 0.00000160. The summed E-state index contributed by atoms with van der Waals surface area (Å²) in [6.07, 6.45) is 13.9. The topological polar surface area (TPSA) is 0 Å². The minimum Gasteiger partial charge on any atom is -0.0625 e. The van der Waals surface area contributed by atoms with Crippen molar-refractivity contribution in [3.05, 3.63) is 59.7 Å². The molecule has 0 N–H and O–H groups in total. The molecule has 0 bridgehead atoms. The fourth-order valence-electron chi connectivity index (χ4n) is 5.39. The van der Waals surface area contributed by atoms with Crippen LogP contribution in [0.4, 0.5) is 0 Å². The van der Waals surface area contributed by atoms with Crippen LogP contribution < -0.4 is 0 Å². The van der Waals surface area contributed by atoms with Crippen LogP contribution in [-0.2, 0) is 6.42 Å². The van der Waals surface area contributed by atoms with Crippen molar-refractivity contribution in [3.63, 3.8) is 0 Å². The summed E-state index contributed by atoms with van der Waals surface area (Å²) in [5.74, 6) is 3.64. The molecule has 2 saturated carbocycles. The lowest BCUT2D eigenvalue weighted by molar-refractivity contribution is 0.278. The molecule has 2 aliphatic carbocycles. The molecule has 154 valence electrons. The number of hydrogen-bond acceptors (Lipinski definition) is 0. The van der Waals surface area contributed by atoms with Crippen LogP contribution in [0.2, 0.25) is 0 Å². The highest BCUT2D eigenvalue weighted by Crippen LogP contribution is 2.36. The first-order valence-corrected chi connectivity index (χ1v) is 11.9. The molecule has 2 aliphatic rings. The molecule has 0 amide bonds. The Morgan fingerprint density at radius 3 is 1.71 bits per heavy atom. The molecule has 0 nitrogen and oxygen atoms in total. The van der Waals surface area contributed by atoms with Crippen molar-refractivity contribution in [2.75, 3.05) is 0 Å². The van der Waals surface area contributed by atoms with E-state index >= 15 is 0 Å². The first-order valence-electron chi connectivity index (χ1n) is 11.9. The first kappa shape index (κ1) is 19.7. The third-order valence-electron chi connectivity index (χ3n) is 7.66. The zero-order valence-electron chi connectivity index (χ0n) is 18.0. The van der Waals surface area contributed by atoms with Gasteiger partial charge in [-0.25, -0.2) is 0 Å². The summed E-state index contributed by atoms with van der Waals surface area (Å²) in [6, 6.07) is 18.8. The quantitative estimate of drug-likeness (QED) is 0.487. The van der Waals surface area contributed by atoms with Gasteiger partial charge in [-0.1, -0.05) is 101 Å². The Labute approximate surface area is 175 Å². The molecule has 0 aliphatic heterocycles. The molecule has 0 saturated heterocycles. The molecule has 2 aromatic rings. The molecule has 0 aromatic heterocycles. The molecule has 28 heavy (non-hydrogen) atoms. The summed E-state index contributed by atoms with van der Waals surface area (Å²) < 4.78 is 0. The van der Waals surface area contributed by atoms with Crippen molar-refractivity contribution in [1.29, 1.82) is 0 Å². The summed E-state index contributed by atoms with van der Waals surface area (Å²) in [5, 5.41) is 0. The highest BCUT2D eigenvalue weighted by molar-refractivity contribution is 5.64. The van der Waals surface area contributed by atoms with Crippen LogP contribution in [0, 0.1) is 17.8 Å². The van der Waals surface area contributed by atoms with E-state index in [9.17, 15) is 0 Å². The normalized spacial score (nSPS) is 28.2. The standard InChI is InChI=1S/C28H38.2H2/c1-21-3-7-23(8-4-21)9-10-24-11-15-26(16-12-24)28-19-17-27(18-20-28)25-13-5-22(2)6-14-25;;/h11-12,15-23,25H,3-10,13-14H2,1-2H3;2*1H. The average Bonchev–Trinajstić information content (AvgIpc) is 2.74. The second-order valence-electron chi connectivity index (χ2n) is 9.94. The van der Waals surface area contributed by atoms with Gasteiger partial charge in [-0.05, 0) is 71.6 Å². The lowest BCUT2D eigenvalue weighted by Gasteiger charge is -2.26. The number of aryl methyl sites for hydroxylation is 1. The molecular formula is C28H42. The van der Waals surface area contributed by atoms with Gasteiger partial charge >= 0.3 is 0 Å². The predicted octanol–water partition coefficient (Wildman–Crippen LogP) is 8.90. The van der Waals surface area contributed by atoms with Gasteiger partial charge in [0.25, 0.3) is 0 Å². The maximum absolute atomic E-state index is 2.41. The molecule has 2 fully saturated rings. The van der Waals surface area contributed by atoms with Crippen LogP contribution in [-0.4, -0.2) is 0 Å². The summed E-state index contributed by atoms with van der Waals surface area (Å²) in [5.41, 5.74) is 5.78. The lowest BCUT2D eigenvalue weighted by Crippen LogP contribution is -2.12. The molecule has 0 radical (unpaired) electrons. The average molecular weight is 379 g/mol. The van der Waals surface area contributed by atoms with E-state index in [0.29, 0.717) is 0 Å². The minimum absolute atomic E-state index is 0. The van der Waals surface area contributed by atoms with Crippen molar-refractivity contribution < 1.29 is 2.85 Å². The van der Waals surface area contributed by atoms with Gasteiger partial charge in [-0.2, -0.15) is 0 Å². The number of hydrogen-bond donors (Lipinski definition) is 0.